The van der Waals surface area contributed by atoms with Gasteiger partial charge in [-0.25, -0.2) is 8.42 Å². The van der Waals surface area contributed by atoms with Crippen molar-refractivity contribution in [1.82, 2.24) is 9.62 Å². The van der Waals surface area contributed by atoms with E-state index in [-0.39, 0.29) is 16.5 Å². The van der Waals surface area contributed by atoms with Crippen LogP contribution >= 0.6 is 0 Å². The molecule has 2 aromatic rings. The van der Waals surface area contributed by atoms with Gasteiger partial charge in [-0.3, -0.25) is 4.79 Å². The Balaban J connectivity index is 2.19. The zero-order valence-corrected chi connectivity index (χ0v) is 17.3. The summed E-state index contributed by atoms with van der Waals surface area (Å²) in [4.78, 5) is 12.5. The second-order valence-electron chi connectivity index (χ2n) is 6.96. The van der Waals surface area contributed by atoms with E-state index >= 15 is 0 Å². The molecule has 0 spiro atoms. The lowest BCUT2D eigenvalue weighted by Gasteiger charge is -2.21. The van der Waals surface area contributed by atoms with E-state index in [2.05, 4.69) is 5.32 Å². The van der Waals surface area contributed by atoms with Crippen molar-refractivity contribution in [1.29, 1.82) is 0 Å². The molecule has 0 fully saturated rings. The number of alkyl halides is 3. The van der Waals surface area contributed by atoms with Crippen LogP contribution in [0.25, 0.3) is 0 Å². The van der Waals surface area contributed by atoms with E-state index in [1.807, 2.05) is 0 Å². The van der Waals surface area contributed by atoms with Crippen molar-refractivity contribution in [2.75, 3.05) is 7.05 Å². The van der Waals surface area contributed by atoms with E-state index in [1.165, 1.54) is 47.8 Å². The van der Waals surface area contributed by atoms with E-state index in [0.717, 1.165) is 12.1 Å². The molecule has 2 aromatic carbocycles. The van der Waals surface area contributed by atoms with Crippen molar-refractivity contribution >= 4 is 15.9 Å². The lowest BCUT2D eigenvalue weighted by Crippen LogP contribution is -2.33. The number of carbonyl (C=O) groups is 1. The lowest BCUT2D eigenvalue weighted by atomic mass is 10.1. The van der Waals surface area contributed by atoms with Crippen LogP contribution in [-0.4, -0.2) is 31.7 Å². The summed E-state index contributed by atoms with van der Waals surface area (Å²) in [5.41, 5.74) is -0.136. The Morgan fingerprint density at radius 2 is 1.62 bits per heavy atom. The fourth-order valence-electron chi connectivity index (χ4n) is 2.57. The van der Waals surface area contributed by atoms with Crippen molar-refractivity contribution in [3.63, 3.8) is 0 Å². The van der Waals surface area contributed by atoms with Gasteiger partial charge in [-0.05, 0) is 56.7 Å². The van der Waals surface area contributed by atoms with Gasteiger partial charge in [0.05, 0.1) is 16.5 Å². The van der Waals surface area contributed by atoms with Gasteiger partial charge < -0.3 is 5.32 Å². The monoisotopic (exact) mass is 428 g/mol. The number of nitrogens with zero attached hydrogens (tertiary/aromatic N) is 1. The first-order valence-corrected chi connectivity index (χ1v) is 10.3. The molecule has 0 aliphatic carbocycles. The summed E-state index contributed by atoms with van der Waals surface area (Å²) < 4.78 is 64.4. The molecule has 5 nitrogen and oxygen atoms in total. The van der Waals surface area contributed by atoms with E-state index < -0.39 is 33.7 Å². The third kappa shape index (κ3) is 5.36. The van der Waals surface area contributed by atoms with Crippen LogP contribution in [0.5, 0.6) is 0 Å². The number of amides is 1. The SMILES string of the molecule is CC(NC(=O)c1cccc(S(=O)(=O)N(C)C(C)C)c1)c1ccc(C(F)(F)F)cc1. The summed E-state index contributed by atoms with van der Waals surface area (Å²) in [6, 6.07) is 9.31. The van der Waals surface area contributed by atoms with Gasteiger partial charge in [-0.2, -0.15) is 17.5 Å². The summed E-state index contributed by atoms with van der Waals surface area (Å²) >= 11 is 0. The van der Waals surface area contributed by atoms with Gasteiger partial charge in [-0.15, -0.1) is 0 Å². The molecule has 0 aromatic heterocycles. The van der Waals surface area contributed by atoms with Gasteiger partial charge >= 0.3 is 6.18 Å². The van der Waals surface area contributed by atoms with Crippen LogP contribution in [0, 0.1) is 0 Å². The molecule has 1 amide bonds. The first-order chi connectivity index (χ1) is 13.3. The molecule has 9 heteroatoms. The maximum atomic E-state index is 12.7. The Morgan fingerprint density at radius 1 is 1.03 bits per heavy atom. The molecule has 0 heterocycles. The first kappa shape index (κ1) is 22.9. The van der Waals surface area contributed by atoms with Gasteiger partial charge in [0.1, 0.15) is 0 Å². The van der Waals surface area contributed by atoms with Crippen molar-refractivity contribution in [3.05, 3.63) is 65.2 Å². The summed E-state index contributed by atoms with van der Waals surface area (Å²) in [6.07, 6.45) is -4.43. The van der Waals surface area contributed by atoms with Crippen molar-refractivity contribution in [2.45, 2.75) is 43.9 Å². The molecule has 1 N–H and O–H groups in total. The number of nitrogens with one attached hydrogen (secondary N) is 1. The maximum absolute atomic E-state index is 12.7. The Labute approximate surface area is 168 Å². The average Bonchev–Trinajstić information content (AvgIpc) is 2.66. The van der Waals surface area contributed by atoms with E-state index in [4.69, 9.17) is 0 Å². The van der Waals surface area contributed by atoms with Crippen LogP contribution in [0.15, 0.2) is 53.4 Å². The highest BCUT2D eigenvalue weighted by atomic mass is 32.2. The summed E-state index contributed by atoms with van der Waals surface area (Å²) in [5, 5.41) is 2.67. The normalized spacial score (nSPS) is 13.6. The highest BCUT2D eigenvalue weighted by Crippen LogP contribution is 2.30. The molecule has 0 aliphatic rings. The number of rotatable bonds is 6. The molecule has 0 aliphatic heterocycles. The molecule has 0 radical (unpaired) electrons. The Bertz CT molecular complexity index is 971. The number of hydrogen-bond donors (Lipinski definition) is 1. The van der Waals surface area contributed by atoms with Crippen molar-refractivity contribution in [2.24, 2.45) is 0 Å². The molecule has 2 rings (SSSR count). The number of hydrogen-bond acceptors (Lipinski definition) is 3. The van der Waals surface area contributed by atoms with E-state index in [9.17, 15) is 26.4 Å². The van der Waals surface area contributed by atoms with Gasteiger partial charge in [0, 0.05) is 18.7 Å². The number of carbonyl (C=O) groups excluding carboxylic acids is 1. The second-order valence-corrected chi connectivity index (χ2v) is 8.96. The van der Waals surface area contributed by atoms with Crippen LogP contribution < -0.4 is 5.32 Å². The maximum Gasteiger partial charge on any atom is 0.416 e. The minimum absolute atomic E-state index is 0.0106. The Kier molecular flexibility index (Phi) is 6.74. The molecule has 1 unspecified atom stereocenters. The molecule has 0 saturated heterocycles. The molecule has 0 saturated carbocycles. The quantitative estimate of drug-likeness (QED) is 0.749. The number of benzene rings is 2. The van der Waals surface area contributed by atoms with Crippen LogP contribution in [-0.2, 0) is 16.2 Å². The van der Waals surface area contributed by atoms with Crippen molar-refractivity contribution < 1.29 is 26.4 Å². The summed E-state index contributed by atoms with van der Waals surface area (Å²) in [6.45, 7) is 5.10. The largest absolute Gasteiger partial charge is 0.416 e. The Hall–Kier alpha value is -2.39. The molecule has 29 heavy (non-hydrogen) atoms. The third-order valence-electron chi connectivity index (χ3n) is 4.59. The highest BCUT2D eigenvalue weighted by Gasteiger charge is 2.30. The molecule has 1 atom stereocenters. The van der Waals surface area contributed by atoms with Gasteiger partial charge in [-0.1, -0.05) is 18.2 Å². The number of halogens is 3. The van der Waals surface area contributed by atoms with E-state index in [1.54, 1.807) is 20.8 Å². The third-order valence-corrected chi connectivity index (χ3v) is 6.62. The smallest absolute Gasteiger partial charge is 0.346 e. The first-order valence-electron chi connectivity index (χ1n) is 8.90. The molecular formula is C20H23F3N2O3S. The topological polar surface area (TPSA) is 66.5 Å². The van der Waals surface area contributed by atoms with Crippen molar-refractivity contribution in [3.8, 4) is 0 Å². The predicted molar refractivity (Wildman–Crippen MR) is 104 cm³/mol. The standard InChI is InChI=1S/C20H23F3N2O3S/c1-13(2)25(4)29(27,28)18-7-5-6-16(12-18)19(26)24-14(3)15-8-10-17(11-9-15)20(21,22)23/h5-14H,1-4H3,(H,24,26). The van der Waals surface area contributed by atoms with Gasteiger partial charge in [0.25, 0.3) is 5.91 Å². The predicted octanol–water partition coefficient (Wildman–Crippen LogP) is 4.23. The number of sulfonamides is 1. The zero-order valence-electron chi connectivity index (χ0n) is 16.5. The second kappa shape index (κ2) is 8.54. The molecule has 158 valence electrons. The van der Waals surface area contributed by atoms with Gasteiger partial charge in [0.2, 0.25) is 10.0 Å². The highest BCUT2D eigenvalue weighted by molar-refractivity contribution is 7.89. The van der Waals surface area contributed by atoms with Crippen LogP contribution in [0.3, 0.4) is 0 Å². The molecule has 0 bridgehead atoms. The van der Waals surface area contributed by atoms with E-state index in [0.29, 0.717) is 5.56 Å². The fourth-order valence-corrected chi connectivity index (χ4v) is 3.98. The lowest BCUT2D eigenvalue weighted by molar-refractivity contribution is -0.137. The van der Waals surface area contributed by atoms with Crippen LogP contribution in [0.2, 0.25) is 0 Å². The summed E-state index contributed by atoms with van der Waals surface area (Å²) in [5.74, 6) is -0.526. The minimum Gasteiger partial charge on any atom is -0.346 e. The Morgan fingerprint density at radius 3 is 2.14 bits per heavy atom. The fraction of sp³-hybridized carbons (Fsp3) is 0.350. The minimum atomic E-state index is -4.43. The molecular weight excluding hydrogens is 405 g/mol. The zero-order chi connectivity index (χ0) is 22.0. The van der Waals surface area contributed by atoms with Gasteiger partial charge in [0.15, 0.2) is 0 Å². The van der Waals surface area contributed by atoms with Crippen LogP contribution in [0.4, 0.5) is 13.2 Å². The van der Waals surface area contributed by atoms with Crippen LogP contribution in [0.1, 0.15) is 48.3 Å². The summed E-state index contributed by atoms with van der Waals surface area (Å²) in [7, 11) is -2.29. The average molecular weight is 428 g/mol.